The first-order valence-electron chi connectivity index (χ1n) is 6.45. The van der Waals surface area contributed by atoms with Gasteiger partial charge in [-0.3, -0.25) is 0 Å². The maximum Gasteiger partial charge on any atom is 0.147 e. The van der Waals surface area contributed by atoms with Crippen LogP contribution in [0.3, 0.4) is 0 Å². The number of aliphatic hydroxyl groups excluding tert-OH is 1. The maximum absolute atomic E-state index is 9.55. The topological polar surface area (TPSA) is 71.2 Å². The fourth-order valence-electron chi connectivity index (χ4n) is 1.86. The molecule has 2 rings (SSSR count). The van der Waals surface area contributed by atoms with Crippen LogP contribution in [0.2, 0.25) is 0 Å². The first-order chi connectivity index (χ1) is 9.22. The van der Waals surface area contributed by atoms with E-state index >= 15 is 0 Å². The van der Waals surface area contributed by atoms with Crippen molar-refractivity contribution in [1.82, 2.24) is 4.37 Å². The normalized spacial score (nSPS) is 12.3. The molecule has 0 aliphatic rings. The van der Waals surface area contributed by atoms with Gasteiger partial charge in [0.15, 0.2) is 0 Å². The lowest BCUT2D eigenvalue weighted by atomic mass is 10.1. The van der Waals surface area contributed by atoms with Crippen molar-refractivity contribution >= 4 is 22.4 Å². The van der Waals surface area contributed by atoms with E-state index in [9.17, 15) is 5.11 Å². The lowest BCUT2D eigenvalue weighted by molar-refractivity contribution is 0.164. The fraction of sp³-hybridized carbons (Fsp3) is 0.357. The number of anilines is 2. The van der Waals surface area contributed by atoms with E-state index in [1.165, 1.54) is 11.5 Å². The Hall–Kier alpha value is -1.59. The number of aromatic nitrogens is 1. The zero-order valence-electron chi connectivity index (χ0n) is 11.0. The van der Waals surface area contributed by atoms with Gasteiger partial charge >= 0.3 is 0 Å². The summed E-state index contributed by atoms with van der Waals surface area (Å²) in [7, 11) is 0. The number of nitrogens with two attached hydrogens (primary N) is 1. The van der Waals surface area contributed by atoms with Crippen LogP contribution in [0.25, 0.3) is 11.1 Å². The largest absolute Gasteiger partial charge is 0.393 e. The third kappa shape index (κ3) is 3.45. The number of hydrogen-bond acceptors (Lipinski definition) is 5. The summed E-state index contributed by atoms with van der Waals surface area (Å²) in [6, 6.07) is 9.98. The molecule has 0 amide bonds. The summed E-state index contributed by atoms with van der Waals surface area (Å²) in [5, 5.41) is 13.8. The molecule has 2 aromatic rings. The van der Waals surface area contributed by atoms with Crippen LogP contribution in [0.1, 0.15) is 19.8 Å². The number of hydrogen-bond donors (Lipinski definition) is 3. The second kappa shape index (κ2) is 6.54. The molecule has 1 aromatic carbocycles. The highest BCUT2D eigenvalue weighted by Crippen LogP contribution is 2.36. The van der Waals surface area contributed by atoms with Crippen LogP contribution in [0.5, 0.6) is 0 Å². The Labute approximate surface area is 117 Å². The van der Waals surface area contributed by atoms with Gasteiger partial charge < -0.3 is 16.2 Å². The van der Waals surface area contributed by atoms with Gasteiger partial charge in [0.25, 0.3) is 0 Å². The zero-order chi connectivity index (χ0) is 13.7. The van der Waals surface area contributed by atoms with E-state index in [4.69, 9.17) is 5.73 Å². The van der Waals surface area contributed by atoms with E-state index in [0.29, 0.717) is 5.82 Å². The third-order valence-electron chi connectivity index (χ3n) is 3.02. The fourth-order valence-corrected chi connectivity index (χ4v) is 2.62. The molecule has 19 heavy (non-hydrogen) atoms. The number of benzene rings is 1. The summed E-state index contributed by atoms with van der Waals surface area (Å²) in [5.41, 5.74) is 7.96. The summed E-state index contributed by atoms with van der Waals surface area (Å²) in [6.45, 7) is 2.70. The maximum atomic E-state index is 9.55. The van der Waals surface area contributed by atoms with Crippen LogP contribution < -0.4 is 11.1 Å². The Morgan fingerprint density at radius 3 is 2.79 bits per heavy atom. The van der Waals surface area contributed by atoms with Crippen molar-refractivity contribution in [3.05, 3.63) is 30.3 Å². The average Bonchev–Trinajstić information content (AvgIpc) is 2.80. The molecule has 0 spiro atoms. The monoisotopic (exact) mass is 277 g/mol. The summed E-state index contributed by atoms with van der Waals surface area (Å²) in [4.78, 5) is 0. The van der Waals surface area contributed by atoms with Gasteiger partial charge in [0.2, 0.25) is 0 Å². The van der Waals surface area contributed by atoms with Gasteiger partial charge in [-0.25, -0.2) is 0 Å². The van der Waals surface area contributed by atoms with Crippen molar-refractivity contribution in [3.8, 4) is 11.1 Å². The smallest absolute Gasteiger partial charge is 0.147 e. The van der Waals surface area contributed by atoms with Gasteiger partial charge in [0.05, 0.1) is 11.7 Å². The molecule has 0 aliphatic carbocycles. The Morgan fingerprint density at radius 1 is 1.37 bits per heavy atom. The number of nitrogens with one attached hydrogen (secondary N) is 1. The third-order valence-corrected chi connectivity index (χ3v) is 3.83. The Bertz CT molecular complexity index is 513. The van der Waals surface area contributed by atoms with E-state index in [2.05, 4.69) is 9.69 Å². The number of rotatable bonds is 6. The van der Waals surface area contributed by atoms with Crippen molar-refractivity contribution in [1.29, 1.82) is 0 Å². The molecule has 0 radical (unpaired) electrons. The van der Waals surface area contributed by atoms with Gasteiger partial charge in [0.1, 0.15) is 10.8 Å². The SMILES string of the molecule is CCC(O)CCNc1snc(N)c1-c1ccccc1. The van der Waals surface area contributed by atoms with Crippen LogP contribution in [0, 0.1) is 0 Å². The van der Waals surface area contributed by atoms with Crippen LogP contribution >= 0.6 is 11.5 Å². The summed E-state index contributed by atoms with van der Waals surface area (Å²) in [5.74, 6) is 0.551. The molecule has 0 aliphatic heterocycles. The predicted octanol–water partition coefficient (Wildman–Crippen LogP) is 2.97. The van der Waals surface area contributed by atoms with E-state index in [-0.39, 0.29) is 6.10 Å². The van der Waals surface area contributed by atoms with Crippen molar-refractivity contribution in [2.24, 2.45) is 0 Å². The second-order valence-electron chi connectivity index (χ2n) is 4.42. The summed E-state index contributed by atoms with van der Waals surface area (Å²) in [6.07, 6.45) is 1.25. The predicted molar refractivity (Wildman–Crippen MR) is 81.4 cm³/mol. The molecule has 0 bridgehead atoms. The van der Waals surface area contributed by atoms with E-state index in [1.54, 1.807) is 0 Å². The standard InChI is InChI=1S/C14H19N3OS/c1-2-11(18)8-9-16-14-12(13(15)17-19-14)10-6-4-3-5-7-10/h3-7,11,16,18H,2,8-9H2,1H3,(H2,15,17). The van der Waals surface area contributed by atoms with Gasteiger partial charge in [-0.05, 0) is 29.9 Å². The van der Waals surface area contributed by atoms with Crippen LogP contribution in [-0.2, 0) is 0 Å². The van der Waals surface area contributed by atoms with Gasteiger partial charge in [-0.2, -0.15) is 4.37 Å². The molecule has 4 nitrogen and oxygen atoms in total. The number of nitrogens with zero attached hydrogens (tertiary/aromatic N) is 1. The molecular weight excluding hydrogens is 258 g/mol. The molecule has 1 atom stereocenters. The van der Waals surface area contributed by atoms with E-state index in [0.717, 1.165) is 35.5 Å². The van der Waals surface area contributed by atoms with Crippen molar-refractivity contribution in [3.63, 3.8) is 0 Å². The molecule has 102 valence electrons. The van der Waals surface area contributed by atoms with Crippen LogP contribution in [0.15, 0.2) is 30.3 Å². The Morgan fingerprint density at radius 2 is 2.11 bits per heavy atom. The van der Waals surface area contributed by atoms with Gasteiger partial charge in [-0.15, -0.1) is 0 Å². The van der Waals surface area contributed by atoms with Gasteiger partial charge in [-0.1, -0.05) is 37.3 Å². The molecule has 0 saturated heterocycles. The molecule has 1 aromatic heterocycles. The van der Waals surface area contributed by atoms with Crippen LogP contribution in [0.4, 0.5) is 10.8 Å². The van der Waals surface area contributed by atoms with E-state index < -0.39 is 0 Å². The molecular formula is C14H19N3OS. The van der Waals surface area contributed by atoms with Crippen molar-refractivity contribution < 1.29 is 5.11 Å². The molecule has 5 heteroatoms. The van der Waals surface area contributed by atoms with Crippen molar-refractivity contribution in [2.75, 3.05) is 17.6 Å². The Balaban J connectivity index is 2.10. The lowest BCUT2D eigenvalue weighted by Crippen LogP contribution is -2.12. The summed E-state index contributed by atoms with van der Waals surface area (Å²) >= 11 is 1.36. The lowest BCUT2D eigenvalue weighted by Gasteiger charge is -2.10. The summed E-state index contributed by atoms with van der Waals surface area (Å²) < 4.78 is 4.21. The minimum atomic E-state index is -0.252. The minimum Gasteiger partial charge on any atom is -0.393 e. The molecule has 0 saturated carbocycles. The first kappa shape index (κ1) is 13.8. The molecule has 0 fully saturated rings. The van der Waals surface area contributed by atoms with Gasteiger partial charge in [0, 0.05) is 6.54 Å². The highest BCUT2D eigenvalue weighted by atomic mass is 32.1. The second-order valence-corrected chi connectivity index (χ2v) is 5.19. The first-order valence-corrected chi connectivity index (χ1v) is 7.22. The van der Waals surface area contributed by atoms with Crippen molar-refractivity contribution in [2.45, 2.75) is 25.9 Å². The number of nitrogen functional groups attached to an aromatic ring is 1. The highest BCUT2D eigenvalue weighted by molar-refractivity contribution is 7.11. The molecule has 1 heterocycles. The number of aliphatic hydroxyl groups is 1. The highest BCUT2D eigenvalue weighted by Gasteiger charge is 2.13. The minimum absolute atomic E-state index is 0.252. The molecule has 4 N–H and O–H groups in total. The van der Waals surface area contributed by atoms with Crippen LogP contribution in [-0.4, -0.2) is 22.1 Å². The Kier molecular flexibility index (Phi) is 4.76. The average molecular weight is 277 g/mol. The quantitative estimate of drug-likeness (QED) is 0.759. The molecule has 1 unspecified atom stereocenters. The van der Waals surface area contributed by atoms with E-state index in [1.807, 2.05) is 37.3 Å². The zero-order valence-corrected chi connectivity index (χ0v) is 11.8.